The van der Waals surface area contributed by atoms with Crippen LogP contribution >= 0.6 is 11.8 Å². The van der Waals surface area contributed by atoms with Crippen LogP contribution in [-0.2, 0) is 22.4 Å². The highest BCUT2D eigenvalue weighted by molar-refractivity contribution is 7.99. The molecule has 0 radical (unpaired) electrons. The van der Waals surface area contributed by atoms with E-state index >= 15 is 0 Å². The van der Waals surface area contributed by atoms with Gasteiger partial charge in [-0.25, -0.2) is 13.6 Å². The fraction of sp³-hybridized carbons (Fsp3) is 0.469. The van der Waals surface area contributed by atoms with Gasteiger partial charge in [0.1, 0.15) is 11.3 Å². The molecule has 0 spiro atoms. The van der Waals surface area contributed by atoms with Crippen molar-refractivity contribution in [1.29, 1.82) is 0 Å². The summed E-state index contributed by atoms with van der Waals surface area (Å²) in [6, 6.07) is 14.9. The van der Waals surface area contributed by atoms with Gasteiger partial charge in [0.2, 0.25) is 5.92 Å². The number of unbranched alkanes of at least 4 members (excludes halogenated alkanes) is 2. The average molecular weight is 543 g/mol. The van der Waals surface area contributed by atoms with E-state index in [1.165, 1.54) is 37.3 Å². The fourth-order valence-corrected chi connectivity index (χ4v) is 5.29. The van der Waals surface area contributed by atoms with Gasteiger partial charge in [-0.1, -0.05) is 51.5 Å². The molecule has 206 valence electrons. The number of carbonyl (C=O) groups excluding carboxylic acids is 1. The summed E-state index contributed by atoms with van der Waals surface area (Å²) in [6.45, 7) is 9.40. The number of hydrogen-bond acceptors (Lipinski definition) is 4. The molecular weight excluding hydrogens is 502 g/mol. The summed E-state index contributed by atoms with van der Waals surface area (Å²) in [5.74, 6) is -1.84. The number of esters is 1. The van der Waals surface area contributed by atoms with Crippen LogP contribution < -0.4 is 0 Å². The van der Waals surface area contributed by atoms with Gasteiger partial charge in [-0.2, -0.15) is 0 Å². The molecule has 1 heterocycles. The van der Waals surface area contributed by atoms with Crippen molar-refractivity contribution in [3.8, 4) is 11.3 Å². The van der Waals surface area contributed by atoms with Crippen molar-refractivity contribution in [1.82, 2.24) is 0 Å². The molecule has 0 N–H and O–H groups in total. The van der Waals surface area contributed by atoms with Gasteiger partial charge in [-0.15, -0.1) is 11.8 Å². The topological polar surface area (TPSA) is 39.4 Å². The number of aryl methyl sites for hydroxylation is 2. The Bertz CT molecular complexity index is 1210. The van der Waals surface area contributed by atoms with Gasteiger partial charge in [0, 0.05) is 34.3 Å². The Hall–Kier alpha value is -2.60. The highest BCUT2D eigenvalue weighted by Gasteiger charge is 2.27. The maximum atomic E-state index is 14.2. The van der Waals surface area contributed by atoms with Crippen molar-refractivity contribution in [2.45, 2.75) is 89.4 Å². The number of benzene rings is 2. The molecule has 0 aliphatic carbocycles. The number of alkyl halides is 2. The average Bonchev–Trinajstić information content (AvgIpc) is 3.32. The maximum Gasteiger partial charge on any atom is 0.333 e. The number of hydrogen-bond donors (Lipinski definition) is 0. The summed E-state index contributed by atoms with van der Waals surface area (Å²) in [7, 11) is 0. The van der Waals surface area contributed by atoms with Crippen molar-refractivity contribution >= 4 is 28.7 Å². The second kappa shape index (κ2) is 14.5. The molecule has 3 aromatic rings. The molecule has 1 aromatic heterocycles. The Morgan fingerprint density at radius 3 is 2.55 bits per heavy atom. The third kappa shape index (κ3) is 9.00. The molecule has 3 nitrogen and oxygen atoms in total. The minimum Gasteiger partial charge on any atom is -0.462 e. The maximum absolute atomic E-state index is 14.2. The molecule has 0 aliphatic heterocycles. The van der Waals surface area contributed by atoms with E-state index < -0.39 is 11.9 Å². The Morgan fingerprint density at radius 1 is 1.03 bits per heavy atom. The lowest BCUT2D eigenvalue weighted by Crippen LogP contribution is -2.17. The molecule has 0 atom stereocenters. The van der Waals surface area contributed by atoms with Gasteiger partial charge in [-0.3, -0.25) is 0 Å². The molecule has 0 saturated carbocycles. The van der Waals surface area contributed by atoms with E-state index in [-0.39, 0.29) is 31.4 Å². The zero-order valence-corrected chi connectivity index (χ0v) is 23.7. The van der Waals surface area contributed by atoms with Gasteiger partial charge < -0.3 is 9.15 Å². The van der Waals surface area contributed by atoms with Crippen molar-refractivity contribution in [3.63, 3.8) is 0 Å². The third-order valence-corrected chi connectivity index (χ3v) is 7.68. The summed E-state index contributed by atoms with van der Waals surface area (Å²) in [5.41, 5.74) is 4.89. The Labute approximate surface area is 230 Å². The monoisotopic (exact) mass is 542 g/mol. The predicted octanol–water partition coefficient (Wildman–Crippen LogP) is 9.80. The standard InChI is InChI=1S/C32H40F2O3S/c1-5-7-8-11-24-12-15-28(25(6-2)20-24)30-21-26-13-14-27(22-29(26)37-30)38-19-10-17-32(33,34)16-9-18-36-31(35)23(3)4/h12-15,20-22H,3,5-11,16-19H2,1-2,4H3. The second-order valence-electron chi connectivity index (χ2n) is 9.94. The lowest BCUT2D eigenvalue weighted by atomic mass is 9.97. The smallest absolute Gasteiger partial charge is 0.333 e. The van der Waals surface area contributed by atoms with Crippen LogP contribution in [0.15, 0.2) is 63.9 Å². The van der Waals surface area contributed by atoms with Gasteiger partial charge in [-0.05, 0) is 80.2 Å². The van der Waals surface area contributed by atoms with E-state index in [4.69, 9.17) is 9.15 Å². The van der Waals surface area contributed by atoms with Crippen molar-refractivity contribution in [2.75, 3.05) is 12.4 Å². The number of thioether (sulfide) groups is 1. The van der Waals surface area contributed by atoms with Crippen LogP contribution in [0.5, 0.6) is 0 Å². The van der Waals surface area contributed by atoms with E-state index in [9.17, 15) is 13.6 Å². The van der Waals surface area contributed by atoms with Gasteiger partial charge >= 0.3 is 5.97 Å². The largest absolute Gasteiger partial charge is 0.462 e. The summed E-state index contributed by atoms with van der Waals surface area (Å²) in [5, 5.41) is 1.04. The minimum atomic E-state index is -2.77. The number of ether oxygens (including phenoxy) is 1. The molecular formula is C32H40F2O3S. The summed E-state index contributed by atoms with van der Waals surface area (Å²) in [4.78, 5) is 12.3. The first-order valence-corrected chi connectivity index (χ1v) is 14.7. The highest BCUT2D eigenvalue weighted by Crippen LogP contribution is 2.34. The van der Waals surface area contributed by atoms with Crippen molar-refractivity contribution in [2.24, 2.45) is 0 Å². The van der Waals surface area contributed by atoms with Crippen LogP contribution in [0, 0.1) is 0 Å². The minimum absolute atomic E-state index is 0.00989. The first-order chi connectivity index (χ1) is 18.2. The lowest BCUT2D eigenvalue weighted by Gasteiger charge is -2.16. The van der Waals surface area contributed by atoms with E-state index in [1.807, 2.05) is 18.2 Å². The van der Waals surface area contributed by atoms with Gasteiger partial charge in [0.15, 0.2) is 0 Å². The zero-order chi connectivity index (χ0) is 27.5. The normalized spacial score (nSPS) is 11.7. The molecule has 0 unspecified atom stereocenters. The zero-order valence-electron chi connectivity index (χ0n) is 22.9. The molecule has 2 aromatic carbocycles. The van der Waals surface area contributed by atoms with Crippen LogP contribution in [0.1, 0.15) is 76.8 Å². The molecule has 0 aliphatic rings. The van der Waals surface area contributed by atoms with Crippen LogP contribution in [0.25, 0.3) is 22.3 Å². The Morgan fingerprint density at radius 2 is 1.82 bits per heavy atom. The van der Waals surface area contributed by atoms with Crippen LogP contribution in [0.3, 0.4) is 0 Å². The Kier molecular flexibility index (Phi) is 11.4. The summed E-state index contributed by atoms with van der Waals surface area (Å²) >= 11 is 1.56. The molecule has 6 heteroatoms. The third-order valence-electron chi connectivity index (χ3n) is 6.60. The fourth-order valence-electron chi connectivity index (χ4n) is 4.41. The summed E-state index contributed by atoms with van der Waals surface area (Å²) in [6.07, 6.45) is 5.81. The van der Waals surface area contributed by atoms with E-state index in [2.05, 4.69) is 44.7 Å². The quantitative estimate of drug-likeness (QED) is 0.0781. The first-order valence-electron chi connectivity index (χ1n) is 13.7. The molecule has 0 amide bonds. The number of rotatable bonds is 16. The number of carbonyl (C=O) groups is 1. The number of furan rings is 1. The predicted molar refractivity (Wildman–Crippen MR) is 154 cm³/mol. The molecule has 0 fully saturated rings. The van der Waals surface area contributed by atoms with Crippen molar-refractivity contribution in [3.05, 3.63) is 65.7 Å². The van der Waals surface area contributed by atoms with Crippen LogP contribution in [0.2, 0.25) is 0 Å². The van der Waals surface area contributed by atoms with E-state index in [0.29, 0.717) is 12.2 Å². The number of fused-ring (bicyclic) bond motifs is 1. The second-order valence-corrected chi connectivity index (χ2v) is 11.1. The van der Waals surface area contributed by atoms with Gasteiger partial charge in [0.05, 0.1) is 6.61 Å². The van der Waals surface area contributed by atoms with Crippen molar-refractivity contribution < 1.29 is 22.7 Å². The Balaban J connectivity index is 1.52. The molecule has 0 bridgehead atoms. The first kappa shape index (κ1) is 29.9. The lowest BCUT2D eigenvalue weighted by molar-refractivity contribution is -0.139. The SMILES string of the molecule is C=C(C)C(=O)OCCCC(F)(F)CCCSc1ccc2cc(-c3ccc(CCCCC)cc3CC)oc2c1. The van der Waals surface area contributed by atoms with E-state index in [0.717, 1.165) is 40.0 Å². The highest BCUT2D eigenvalue weighted by atomic mass is 32.2. The molecule has 0 saturated heterocycles. The van der Waals surface area contributed by atoms with Crippen LogP contribution in [0.4, 0.5) is 8.78 Å². The van der Waals surface area contributed by atoms with E-state index in [1.54, 1.807) is 11.8 Å². The van der Waals surface area contributed by atoms with Crippen LogP contribution in [-0.4, -0.2) is 24.3 Å². The summed E-state index contributed by atoms with van der Waals surface area (Å²) < 4.78 is 39.5. The molecule has 3 rings (SSSR count). The number of halogens is 2. The van der Waals surface area contributed by atoms with Gasteiger partial charge in [0.25, 0.3) is 0 Å². The molecule has 38 heavy (non-hydrogen) atoms.